The number of aromatic nitrogens is 2. The van der Waals surface area contributed by atoms with Crippen molar-refractivity contribution in [3.63, 3.8) is 0 Å². The van der Waals surface area contributed by atoms with Crippen LogP contribution in [0.15, 0.2) is 17.5 Å². The summed E-state index contributed by atoms with van der Waals surface area (Å²) in [6.07, 6.45) is 3.60. The van der Waals surface area contributed by atoms with Gasteiger partial charge in [0.05, 0.1) is 6.10 Å². The maximum Gasteiger partial charge on any atom is 0.205 e. The zero-order valence-corrected chi connectivity index (χ0v) is 13.2. The van der Waals surface area contributed by atoms with E-state index in [-0.39, 0.29) is 6.10 Å². The van der Waals surface area contributed by atoms with Crippen LogP contribution in [0.2, 0.25) is 0 Å². The molecule has 2 atom stereocenters. The van der Waals surface area contributed by atoms with Gasteiger partial charge < -0.3 is 10.0 Å². The quantitative estimate of drug-likeness (QED) is 0.921. The number of anilines is 1. The minimum Gasteiger partial charge on any atom is -0.387 e. The van der Waals surface area contributed by atoms with Gasteiger partial charge in [-0.1, -0.05) is 13.0 Å². The van der Waals surface area contributed by atoms with E-state index in [0.717, 1.165) is 41.6 Å². The molecule has 20 heavy (non-hydrogen) atoms. The summed E-state index contributed by atoms with van der Waals surface area (Å²) in [4.78, 5) is 7.97. The first kappa shape index (κ1) is 14.0. The monoisotopic (exact) mass is 309 g/mol. The topological polar surface area (TPSA) is 49.2 Å². The van der Waals surface area contributed by atoms with Gasteiger partial charge in [0.2, 0.25) is 5.13 Å². The van der Waals surface area contributed by atoms with Crippen molar-refractivity contribution < 1.29 is 5.11 Å². The maximum absolute atomic E-state index is 10.3. The maximum atomic E-state index is 10.3. The molecule has 0 aliphatic carbocycles. The number of aliphatic hydroxyl groups is 1. The van der Waals surface area contributed by atoms with Crippen molar-refractivity contribution in [1.29, 1.82) is 0 Å². The number of hydrogen-bond acceptors (Lipinski definition) is 6. The molecule has 1 fully saturated rings. The van der Waals surface area contributed by atoms with Crippen LogP contribution in [0.4, 0.5) is 5.13 Å². The second kappa shape index (κ2) is 6.20. The average molecular weight is 309 g/mol. The van der Waals surface area contributed by atoms with Gasteiger partial charge in [0.15, 0.2) is 0 Å². The predicted octanol–water partition coefficient (Wildman–Crippen LogP) is 3.25. The van der Waals surface area contributed by atoms with Crippen molar-refractivity contribution in [2.24, 2.45) is 0 Å². The molecule has 3 rings (SSSR count). The molecule has 1 aliphatic heterocycles. The smallest absolute Gasteiger partial charge is 0.205 e. The molecule has 0 spiro atoms. The Balaban J connectivity index is 1.69. The van der Waals surface area contributed by atoms with Gasteiger partial charge in [0.25, 0.3) is 0 Å². The Kier molecular flexibility index (Phi) is 4.33. The highest BCUT2D eigenvalue weighted by atomic mass is 32.1. The molecule has 2 aromatic rings. The van der Waals surface area contributed by atoms with E-state index in [1.807, 2.05) is 17.5 Å². The van der Waals surface area contributed by atoms with E-state index in [0.29, 0.717) is 6.04 Å². The second-order valence-corrected chi connectivity index (χ2v) is 6.81. The third kappa shape index (κ3) is 2.87. The lowest BCUT2D eigenvalue weighted by molar-refractivity contribution is 0.162. The van der Waals surface area contributed by atoms with Crippen molar-refractivity contribution in [2.45, 2.75) is 44.8 Å². The van der Waals surface area contributed by atoms with E-state index >= 15 is 0 Å². The fraction of sp³-hybridized carbons (Fsp3) is 0.571. The summed E-state index contributed by atoms with van der Waals surface area (Å²) in [5, 5.41) is 13.4. The van der Waals surface area contributed by atoms with Gasteiger partial charge in [-0.05, 0) is 30.7 Å². The van der Waals surface area contributed by atoms with E-state index in [1.165, 1.54) is 18.0 Å². The molecule has 4 nitrogen and oxygen atoms in total. The highest BCUT2D eigenvalue weighted by Gasteiger charge is 2.29. The largest absolute Gasteiger partial charge is 0.387 e. The highest BCUT2D eigenvalue weighted by molar-refractivity contribution is 7.10. The number of rotatable bonds is 5. The second-order valence-electron chi connectivity index (χ2n) is 5.10. The molecule has 2 aromatic heterocycles. The summed E-state index contributed by atoms with van der Waals surface area (Å²) in [6, 6.07) is 4.38. The van der Waals surface area contributed by atoms with Gasteiger partial charge in [-0.25, -0.2) is 4.98 Å². The Morgan fingerprint density at radius 2 is 2.45 bits per heavy atom. The van der Waals surface area contributed by atoms with Crippen LogP contribution in [0.3, 0.4) is 0 Å². The molecular formula is C14H19N3OS2. The van der Waals surface area contributed by atoms with Gasteiger partial charge in [-0.2, -0.15) is 4.37 Å². The SMILES string of the molecule is CCc1nsc(N2CCCC2CC(O)c2cccs2)n1. The lowest BCUT2D eigenvalue weighted by atomic mass is 10.1. The number of hydrogen-bond donors (Lipinski definition) is 1. The third-order valence-corrected chi connectivity index (χ3v) is 5.53. The number of thiophene rings is 1. The van der Waals surface area contributed by atoms with Crippen LogP contribution in [-0.2, 0) is 6.42 Å². The van der Waals surface area contributed by atoms with Gasteiger partial charge in [0, 0.05) is 35.4 Å². The number of aliphatic hydroxyl groups excluding tert-OH is 1. The van der Waals surface area contributed by atoms with Crippen molar-refractivity contribution in [3.8, 4) is 0 Å². The molecule has 0 amide bonds. The minimum absolute atomic E-state index is 0.362. The van der Waals surface area contributed by atoms with Gasteiger partial charge in [-0.15, -0.1) is 11.3 Å². The Morgan fingerprint density at radius 1 is 1.55 bits per heavy atom. The zero-order chi connectivity index (χ0) is 13.9. The van der Waals surface area contributed by atoms with Crippen LogP contribution in [0.1, 0.15) is 43.0 Å². The highest BCUT2D eigenvalue weighted by Crippen LogP contribution is 2.33. The molecule has 3 heterocycles. The molecule has 0 aromatic carbocycles. The van der Waals surface area contributed by atoms with E-state index in [1.54, 1.807) is 11.3 Å². The normalized spacial score (nSPS) is 20.5. The predicted molar refractivity (Wildman–Crippen MR) is 83.6 cm³/mol. The summed E-state index contributed by atoms with van der Waals surface area (Å²) in [6.45, 7) is 3.11. The molecule has 1 aliphatic rings. The first-order valence-corrected chi connectivity index (χ1v) is 8.74. The Morgan fingerprint density at radius 3 is 3.15 bits per heavy atom. The molecule has 0 bridgehead atoms. The van der Waals surface area contributed by atoms with Gasteiger partial charge >= 0.3 is 0 Å². The van der Waals surface area contributed by atoms with Crippen molar-refractivity contribution in [1.82, 2.24) is 9.36 Å². The van der Waals surface area contributed by atoms with E-state index in [9.17, 15) is 5.11 Å². The molecule has 1 saturated heterocycles. The third-order valence-electron chi connectivity index (χ3n) is 3.76. The Labute approximate surface area is 127 Å². The lowest BCUT2D eigenvalue weighted by Crippen LogP contribution is -2.30. The van der Waals surface area contributed by atoms with Gasteiger partial charge in [-0.3, -0.25) is 0 Å². The standard InChI is InChI=1S/C14H19N3OS2/c1-2-13-15-14(20-16-13)17-7-3-5-10(17)9-11(18)12-6-4-8-19-12/h4,6,8,10-11,18H,2-3,5,7,9H2,1H3. The van der Waals surface area contributed by atoms with Gasteiger partial charge in [0.1, 0.15) is 5.82 Å². The first-order valence-electron chi connectivity index (χ1n) is 7.08. The zero-order valence-electron chi connectivity index (χ0n) is 11.5. The van der Waals surface area contributed by atoms with Crippen LogP contribution in [0.25, 0.3) is 0 Å². The average Bonchev–Trinajstić information content (AvgIpc) is 3.19. The van der Waals surface area contributed by atoms with Crippen LogP contribution >= 0.6 is 22.9 Å². The summed E-state index contributed by atoms with van der Waals surface area (Å²) in [5.74, 6) is 0.925. The molecule has 108 valence electrons. The number of nitrogens with zero attached hydrogens (tertiary/aromatic N) is 3. The molecule has 0 saturated carbocycles. The van der Waals surface area contributed by atoms with E-state index in [2.05, 4.69) is 21.2 Å². The van der Waals surface area contributed by atoms with Crippen LogP contribution in [0.5, 0.6) is 0 Å². The Bertz CT molecular complexity index is 540. The fourth-order valence-corrected chi connectivity index (χ4v) is 4.27. The summed E-state index contributed by atoms with van der Waals surface area (Å²) in [5.41, 5.74) is 0. The van der Waals surface area contributed by atoms with Crippen LogP contribution in [0, 0.1) is 0 Å². The van der Waals surface area contributed by atoms with Crippen LogP contribution in [-0.4, -0.2) is 27.1 Å². The summed E-state index contributed by atoms with van der Waals surface area (Å²) < 4.78 is 4.37. The van der Waals surface area contributed by atoms with E-state index < -0.39 is 0 Å². The van der Waals surface area contributed by atoms with E-state index in [4.69, 9.17) is 0 Å². The number of aryl methyl sites for hydroxylation is 1. The fourth-order valence-electron chi connectivity index (χ4n) is 2.69. The summed E-state index contributed by atoms with van der Waals surface area (Å²) >= 11 is 3.11. The minimum atomic E-state index is -0.362. The molecule has 6 heteroatoms. The van der Waals surface area contributed by atoms with Crippen LogP contribution < -0.4 is 4.90 Å². The van der Waals surface area contributed by atoms with Crippen molar-refractivity contribution >= 4 is 28.0 Å². The molecule has 2 unspecified atom stereocenters. The molecular weight excluding hydrogens is 290 g/mol. The molecule has 1 N–H and O–H groups in total. The molecule has 0 radical (unpaired) electrons. The van der Waals surface area contributed by atoms with Crippen molar-refractivity contribution in [2.75, 3.05) is 11.4 Å². The van der Waals surface area contributed by atoms with Crippen molar-refractivity contribution in [3.05, 3.63) is 28.2 Å². The first-order chi connectivity index (χ1) is 9.78. The Hall–Kier alpha value is -0.980. The lowest BCUT2D eigenvalue weighted by Gasteiger charge is -2.25. The summed E-state index contributed by atoms with van der Waals surface area (Å²) in [7, 11) is 0.